The number of carbonyl (C=O) groups excluding carboxylic acids is 1. The molecule has 7 nitrogen and oxygen atoms in total. The molecule has 31 heavy (non-hydrogen) atoms. The number of aromatic nitrogens is 4. The molecular weight excluding hydrogens is 434 g/mol. The maximum Gasteiger partial charge on any atom is 0.234 e. The van der Waals surface area contributed by atoms with Gasteiger partial charge in [0.25, 0.3) is 0 Å². The summed E-state index contributed by atoms with van der Waals surface area (Å²) in [5.41, 5.74) is 2.33. The molecule has 0 radical (unpaired) electrons. The van der Waals surface area contributed by atoms with Crippen LogP contribution in [0.15, 0.2) is 78.2 Å². The first-order valence-electron chi connectivity index (χ1n) is 9.33. The number of rotatable bonds is 7. The molecule has 0 atom stereocenters. The molecule has 2 aromatic heterocycles. The zero-order chi connectivity index (χ0) is 21.6. The number of hydrogen-bond donors (Lipinski definition) is 1. The number of ether oxygens (including phenoxy) is 1. The molecule has 0 spiro atoms. The number of pyridine rings is 1. The first kappa shape index (κ1) is 20.9. The predicted octanol–water partition coefficient (Wildman–Crippen LogP) is 4.72. The van der Waals surface area contributed by atoms with E-state index in [0.29, 0.717) is 27.4 Å². The summed E-state index contributed by atoms with van der Waals surface area (Å²) in [5.74, 6) is 1.18. The highest BCUT2D eigenvalue weighted by atomic mass is 35.5. The quantitative estimate of drug-likeness (QED) is 0.409. The smallest absolute Gasteiger partial charge is 0.234 e. The fraction of sp³-hybridized carbons (Fsp3) is 0.0909. The predicted molar refractivity (Wildman–Crippen MR) is 122 cm³/mol. The van der Waals surface area contributed by atoms with Crippen LogP contribution < -0.4 is 10.1 Å². The maximum atomic E-state index is 12.5. The highest BCUT2D eigenvalue weighted by Crippen LogP contribution is 2.29. The third-order valence-corrected chi connectivity index (χ3v) is 5.56. The van der Waals surface area contributed by atoms with Crippen LogP contribution in [0.1, 0.15) is 0 Å². The molecular formula is C22H18ClN5O2S. The lowest BCUT2D eigenvalue weighted by atomic mass is 10.2. The molecule has 0 aliphatic carbocycles. The Labute approximate surface area is 188 Å². The Morgan fingerprint density at radius 2 is 1.97 bits per heavy atom. The van der Waals surface area contributed by atoms with E-state index in [1.54, 1.807) is 37.7 Å². The van der Waals surface area contributed by atoms with E-state index in [-0.39, 0.29) is 11.7 Å². The minimum Gasteiger partial charge on any atom is -0.495 e. The Morgan fingerprint density at radius 3 is 2.68 bits per heavy atom. The number of anilines is 1. The second-order valence-electron chi connectivity index (χ2n) is 6.41. The van der Waals surface area contributed by atoms with E-state index in [1.165, 1.54) is 11.8 Å². The summed E-state index contributed by atoms with van der Waals surface area (Å²) in [4.78, 5) is 16.7. The molecule has 1 N–H and O–H groups in total. The van der Waals surface area contributed by atoms with Gasteiger partial charge in [-0.25, -0.2) is 0 Å². The average molecular weight is 452 g/mol. The molecule has 0 saturated carbocycles. The van der Waals surface area contributed by atoms with Crippen molar-refractivity contribution in [3.8, 4) is 22.8 Å². The number of amides is 1. The van der Waals surface area contributed by atoms with Crippen molar-refractivity contribution in [1.82, 2.24) is 19.7 Å². The normalized spacial score (nSPS) is 10.6. The van der Waals surface area contributed by atoms with E-state index in [2.05, 4.69) is 20.5 Å². The molecule has 0 bridgehead atoms. The summed E-state index contributed by atoms with van der Waals surface area (Å²) in [6.45, 7) is 0. The van der Waals surface area contributed by atoms with E-state index in [0.717, 1.165) is 11.3 Å². The molecule has 4 aromatic rings. The average Bonchev–Trinajstić information content (AvgIpc) is 3.23. The Balaban J connectivity index is 1.54. The van der Waals surface area contributed by atoms with Gasteiger partial charge in [-0.15, -0.1) is 10.2 Å². The third kappa shape index (κ3) is 4.87. The largest absolute Gasteiger partial charge is 0.495 e. The minimum atomic E-state index is -0.184. The molecule has 156 valence electrons. The Hall–Kier alpha value is -3.36. The lowest BCUT2D eigenvalue weighted by molar-refractivity contribution is -0.113. The van der Waals surface area contributed by atoms with Crippen molar-refractivity contribution in [3.05, 3.63) is 78.1 Å². The molecule has 2 aromatic carbocycles. The molecule has 0 saturated heterocycles. The van der Waals surface area contributed by atoms with Gasteiger partial charge in [0.1, 0.15) is 5.75 Å². The van der Waals surface area contributed by atoms with Crippen molar-refractivity contribution in [2.75, 3.05) is 18.2 Å². The number of methoxy groups -OCH3 is 1. The molecule has 0 fully saturated rings. The monoisotopic (exact) mass is 451 g/mol. The zero-order valence-corrected chi connectivity index (χ0v) is 18.1. The van der Waals surface area contributed by atoms with Gasteiger partial charge in [-0.05, 0) is 42.5 Å². The second-order valence-corrected chi connectivity index (χ2v) is 7.75. The summed E-state index contributed by atoms with van der Waals surface area (Å²) in [6.07, 6.45) is 3.44. The zero-order valence-electron chi connectivity index (χ0n) is 16.5. The van der Waals surface area contributed by atoms with E-state index in [4.69, 9.17) is 16.3 Å². The van der Waals surface area contributed by atoms with Gasteiger partial charge in [-0.3, -0.25) is 14.3 Å². The minimum absolute atomic E-state index is 0.154. The highest BCUT2D eigenvalue weighted by molar-refractivity contribution is 7.99. The Kier molecular flexibility index (Phi) is 6.49. The highest BCUT2D eigenvalue weighted by Gasteiger charge is 2.17. The van der Waals surface area contributed by atoms with E-state index < -0.39 is 0 Å². The van der Waals surface area contributed by atoms with Crippen LogP contribution in [0.5, 0.6) is 5.75 Å². The molecule has 9 heteroatoms. The lowest BCUT2D eigenvalue weighted by Gasteiger charge is -2.10. The number of nitrogens with zero attached hydrogens (tertiary/aromatic N) is 4. The SMILES string of the molecule is COc1ccc(NC(=O)CSc2nnc(-c3cccnc3)n2-c2ccccc2)cc1Cl. The number of thioether (sulfide) groups is 1. The molecule has 2 heterocycles. The molecule has 0 aliphatic rings. The fourth-order valence-corrected chi connectivity index (χ4v) is 3.94. The van der Waals surface area contributed by atoms with Crippen LogP contribution in [0.3, 0.4) is 0 Å². The number of halogens is 1. The summed E-state index contributed by atoms with van der Waals surface area (Å²) in [6, 6.07) is 18.6. The van der Waals surface area contributed by atoms with Crippen molar-refractivity contribution in [2.45, 2.75) is 5.16 Å². The van der Waals surface area contributed by atoms with Gasteiger partial charge in [0, 0.05) is 29.3 Å². The van der Waals surface area contributed by atoms with Crippen LogP contribution >= 0.6 is 23.4 Å². The van der Waals surface area contributed by atoms with E-state index in [9.17, 15) is 4.79 Å². The Morgan fingerprint density at radius 1 is 1.13 bits per heavy atom. The summed E-state index contributed by atoms with van der Waals surface area (Å²) < 4.78 is 7.05. The molecule has 4 rings (SSSR count). The van der Waals surface area contributed by atoms with Gasteiger partial charge in [-0.1, -0.05) is 41.6 Å². The van der Waals surface area contributed by atoms with Crippen molar-refractivity contribution in [1.29, 1.82) is 0 Å². The van der Waals surface area contributed by atoms with Crippen LogP contribution in [0.25, 0.3) is 17.1 Å². The fourth-order valence-electron chi connectivity index (χ4n) is 2.93. The van der Waals surface area contributed by atoms with Crippen LogP contribution in [-0.4, -0.2) is 38.5 Å². The number of nitrogens with one attached hydrogen (secondary N) is 1. The van der Waals surface area contributed by atoms with Gasteiger partial charge in [0.05, 0.1) is 17.9 Å². The summed E-state index contributed by atoms with van der Waals surface area (Å²) in [5, 5.41) is 12.5. The van der Waals surface area contributed by atoms with E-state index in [1.807, 2.05) is 47.0 Å². The number of benzene rings is 2. The summed E-state index contributed by atoms with van der Waals surface area (Å²) >= 11 is 7.42. The first-order valence-corrected chi connectivity index (χ1v) is 10.7. The molecule has 0 unspecified atom stereocenters. The van der Waals surface area contributed by atoms with Gasteiger partial charge < -0.3 is 10.1 Å². The van der Waals surface area contributed by atoms with Gasteiger partial charge >= 0.3 is 0 Å². The third-order valence-electron chi connectivity index (χ3n) is 4.34. The van der Waals surface area contributed by atoms with Crippen LogP contribution in [0.2, 0.25) is 5.02 Å². The van der Waals surface area contributed by atoms with E-state index >= 15 is 0 Å². The van der Waals surface area contributed by atoms with Crippen molar-refractivity contribution in [2.24, 2.45) is 0 Å². The number of carbonyl (C=O) groups is 1. The van der Waals surface area contributed by atoms with Crippen molar-refractivity contribution in [3.63, 3.8) is 0 Å². The van der Waals surface area contributed by atoms with Crippen molar-refractivity contribution >= 4 is 35.0 Å². The van der Waals surface area contributed by atoms with Crippen LogP contribution in [0.4, 0.5) is 5.69 Å². The Bertz CT molecular complexity index is 1190. The maximum absolute atomic E-state index is 12.5. The van der Waals surface area contributed by atoms with Gasteiger partial charge in [0.2, 0.25) is 5.91 Å². The van der Waals surface area contributed by atoms with Crippen LogP contribution in [-0.2, 0) is 4.79 Å². The van der Waals surface area contributed by atoms with Crippen molar-refractivity contribution < 1.29 is 9.53 Å². The number of para-hydroxylation sites is 1. The number of hydrogen-bond acceptors (Lipinski definition) is 6. The standard InChI is InChI=1S/C22H18ClN5O2S/c1-30-19-10-9-16(12-18(19)23)25-20(29)14-31-22-27-26-21(15-6-5-11-24-13-15)28(22)17-7-3-2-4-8-17/h2-13H,14H2,1H3,(H,25,29). The molecule has 0 aliphatic heterocycles. The second kappa shape index (κ2) is 9.63. The first-order chi connectivity index (χ1) is 15.2. The van der Waals surface area contributed by atoms with Gasteiger partial charge in [0.15, 0.2) is 11.0 Å². The topological polar surface area (TPSA) is 81.9 Å². The van der Waals surface area contributed by atoms with Gasteiger partial charge in [-0.2, -0.15) is 0 Å². The van der Waals surface area contributed by atoms with Crippen LogP contribution in [0, 0.1) is 0 Å². The molecule has 1 amide bonds. The summed E-state index contributed by atoms with van der Waals surface area (Å²) in [7, 11) is 1.54. The lowest BCUT2D eigenvalue weighted by Crippen LogP contribution is -2.14.